The van der Waals surface area contributed by atoms with Gasteiger partial charge in [-0.2, -0.15) is 5.10 Å². The molecule has 9 heteroatoms. The fourth-order valence-electron chi connectivity index (χ4n) is 3.45. The molecular formula is C15H14Cl2N4O2S. The Morgan fingerprint density at radius 1 is 1.38 bits per heavy atom. The summed E-state index contributed by atoms with van der Waals surface area (Å²) in [7, 11) is -3.28. The predicted octanol–water partition coefficient (Wildman–Crippen LogP) is 2.81. The van der Waals surface area contributed by atoms with Crippen molar-refractivity contribution in [2.24, 2.45) is 0 Å². The average Bonchev–Trinajstić information content (AvgIpc) is 3.16. The van der Waals surface area contributed by atoms with E-state index in [4.69, 9.17) is 23.2 Å². The number of hydrogen-bond acceptors (Lipinski definition) is 3. The van der Waals surface area contributed by atoms with Gasteiger partial charge in [0.1, 0.15) is 0 Å². The molecule has 1 unspecified atom stereocenters. The lowest BCUT2D eigenvalue weighted by atomic mass is 10.0. The number of rotatable bonds is 3. The number of H-pyrrole nitrogens is 1. The largest absolute Gasteiger partial charge is 0.341 e. The summed E-state index contributed by atoms with van der Waals surface area (Å²) in [6, 6.07) is 3.51. The van der Waals surface area contributed by atoms with E-state index in [1.807, 2.05) is 12.3 Å². The van der Waals surface area contributed by atoms with Crippen molar-refractivity contribution in [1.29, 1.82) is 0 Å². The molecule has 1 aromatic carbocycles. The zero-order valence-electron chi connectivity index (χ0n) is 12.7. The second-order valence-electron chi connectivity index (χ2n) is 5.97. The monoisotopic (exact) mass is 384 g/mol. The molecule has 1 aliphatic rings. The van der Waals surface area contributed by atoms with Crippen molar-refractivity contribution < 1.29 is 8.42 Å². The summed E-state index contributed by atoms with van der Waals surface area (Å²) in [4.78, 5) is 0. The first-order valence-corrected chi connectivity index (χ1v) is 9.95. The number of sulfonamides is 1. The minimum absolute atomic E-state index is 0.208. The highest BCUT2D eigenvalue weighted by Crippen LogP contribution is 2.43. The van der Waals surface area contributed by atoms with Crippen LogP contribution in [0.15, 0.2) is 24.5 Å². The van der Waals surface area contributed by atoms with Gasteiger partial charge in [0.05, 0.1) is 28.0 Å². The molecule has 2 N–H and O–H groups in total. The van der Waals surface area contributed by atoms with E-state index < -0.39 is 10.0 Å². The number of benzene rings is 1. The summed E-state index contributed by atoms with van der Waals surface area (Å²) in [5.74, 6) is 0. The molecule has 0 radical (unpaired) electrons. The van der Waals surface area contributed by atoms with Gasteiger partial charge >= 0.3 is 0 Å². The van der Waals surface area contributed by atoms with Crippen molar-refractivity contribution in [2.45, 2.75) is 19.0 Å². The maximum absolute atomic E-state index is 11.6. The summed E-state index contributed by atoms with van der Waals surface area (Å²) in [5, 5.41) is 8.78. The van der Waals surface area contributed by atoms with Gasteiger partial charge in [-0.3, -0.25) is 5.10 Å². The van der Waals surface area contributed by atoms with Crippen LogP contribution in [-0.4, -0.2) is 35.5 Å². The van der Waals surface area contributed by atoms with Gasteiger partial charge in [-0.25, -0.2) is 13.1 Å². The third kappa shape index (κ3) is 2.52. The molecule has 126 valence electrons. The summed E-state index contributed by atoms with van der Waals surface area (Å²) in [6.45, 7) is 0.511. The van der Waals surface area contributed by atoms with Crippen molar-refractivity contribution in [3.8, 4) is 11.1 Å². The van der Waals surface area contributed by atoms with Crippen LogP contribution in [0.3, 0.4) is 0 Å². The van der Waals surface area contributed by atoms with Gasteiger partial charge in [-0.1, -0.05) is 29.3 Å². The first-order chi connectivity index (χ1) is 11.3. The molecule has 6 nitrogen and oxygen atoms in total. The number of nitrogens with zero attached hydrogens (tertiary/aromatic N) is 2. The molecule has 0 saturated heterocycles. The van der Waals surface area contributed by atoms with Crippen LogP contribution in [0, 0.1) is 0 Å². The highest BCUT2D eigenvalue weighted by molar-refractivity contribution is 7.88. The predicted molar refractivity (Wildman–Crippen MR) is 95.0 cm³/mol. The second kappa shape index (κ2) is 5.49. The quantitative estimate of drug-likeness (QED) is 0.728. The summed E-state index contributed by atoms with van der Waals surface area (Å²) >= 11 is 12.6. The van der Waals surface area contributed by atoms with Crippen molar-refractivity contribution in [1.82, 2.24) is 19.5 Å². The molecule has 1 atom stereocenters. The van der Waals surface area contributed by atoms with Crippen LogP contribution in [0.1, 0.15) is 5.69 Å². The number of aromatic nitrogens is 3. The van der Waals surface area contributed by atoms with Crippen LogP contribution in [0.5, 0.6) is 0 Å². The topological polar surface area (TPSA) is 79.8 Å². The standard InChI is InChI=1S/C15H14Cl2N4O2S/c1-24(22,23)20-9-4-12-13(8-5-18-19-6-8)10-2-3-11(16)14(17)15(10)21(12)7-9/h2-3,5-6,9,20H,4,7H2,1H3,(H,18,19). The normalized spacial score (nSPS) is 17.5. The Morgan fingerprint density at radius 2 is 2.17 bits per heavy atom. The van der Waals surface area contributed by atoms with Crippen molar-refractivity contribution >= 4 is 44.1 Å². The number of fused-ring (bicyclic) bond motifs is 3. The molecular weight excluding hydrogens is 371 g/mol. The molecule has 0 bridgehead atoms. The molecule has 2 aromatic heterocycles. The first kappa shape index (κ1) is 16.0. The molecule has 4 rings (SSSR count). The molecule has 0 aliphatic carbocycles. The van der Waals surface area contributed by atoms with E-state index in [1.54, 1.807) is 12.3 Å². The van der Waals surface area contributed by atoms with Gasteiger partial charge in [0.15, 0.2) is 0 Å². The first-order valence-electron chi connectivity index (χ1n) is 7.30. The number of hydrogen-bond donors (Lipinski definition) is 2. The van der Waals surface area contributed by atoms with E-state index in [0.717, 1.165) is 27.7 Å². The van der Waals surface area contributed by atoms with Gasteiger partial charge < -0.3 is 4.57 Å². The SMILES string of the molecule is CS(=O)(=O)NC1Cc2c(-c3cn[nH]c3)c3ccc(Cl)c(Cl)c3n2C1. The van der Waals surface area contributed by atoms with Gasteiger partial charge in [-0.05, 0) is 6.07 Å². The van der Waals surface area contributed by atoms with E-state index in [1.165, 1.54) is 6.26 Å². The maximum atomic E-state index is 11.6. The van der Waals surface area contributed by atoms with Crippen LogP contribution in [0.25, 0.3) is 22.0 Å². The average molecular weight is 385 g/mol. The fraction of sp³-hybridized carbons (Fsp3) is 0.267. The highest BCUT2D eigenvalue weighted by atomic mass is 35.5. The third-order valence-corrected chi connectivity index (χ3v) is 5.79. The number of aromatic amines is 1. The van der Waals surface area contributed by atoms with Crippen LogP contribution in [0.2, 0.25) is 10.0 Å². The van der Waals surface area contributed by atoms with Crippen LogP contribution >= 0.6 is 23.2 Å². The van der Waals surface area contributed by atoms with E-state index >= 15 is 0 Å². The molecule has 0 spiro atoms. The lowest BCUT2D eigenvalue weighted by Crippen LogP contribution is -2.35. The summed E-state index contributed by atoms with van der Waals surface area (Å²) in [5.41, 5.74) is 3.80. The van der Waals surface area contributed by atoms with Crippen molar-refractivity contribution in [3.63, 3.8) is 0 Å². The van der Waals surface area contributed by atoms with Crippen LogP contribution < -0.4 is 4.72 Å². The minimum Gasteiger partial charge on any atom is -0.341 e. The van der Waals surface area contributed by atoms with E-state index in [9.17, 15) is 8.42 Å². The Bertz CT molecular complexity index is 1040. The molecule has 0 fully saturated rings. The van der Waals surface area contributed by atoms with E-state index in [0.29, 0.717) is 23.0 Å². The summed E-state index contributed by atoms with van der Waals surface area (Å²) in [6.07, 6.45) is 5.31. The maximum Gasteiger partial charge on any atom is 0.209 e. The van der Waals surface area contributed by atoms with Crippen molar-refractivity contribution in [3.05, 3.63) is 40.3 Å². The Balaban J connectivity index is 1.94. The van der Waals surface area contributed by atoms with Crippen LogP contribution in [-0.2, 0) is 23.0 Å². The Kier molecular flexibility index (Phi) is 3.65. The van der Waals surface area contributed by atoms with E-state index in [-0.39, 0.29) is 6.04 Å². The Labute approximate surface area is 148 Å². The lowest BCUT2D eigenvalue weighted by Gasteiger charge is -2.11. The fourth-order valence-corrected chi connectivity index (χ4v) is 4.64. The highest BCUT2D eigenvalue weighted by Gasteiger charge is 2.31. The molecule has 24 heavy (non-hydrogen) atoms. The van der Waals surface area contributed by atoms with Crippen molar-refractivity contribution in [2.75, 3.05) is 6.26 Å². The summed E-state index contributed by atoms with van der Waals surface area (Å²) < 4.78 is 27.9. The van der Waals surface area contributed by atoms with Gasteiger partial charge in [0.2, 0.25) is 10.0 Å². The zero-order valence-corrected chi connectivity index (χ0v) is 15.0. The van der Waals surface area contributed by atoms with Gasteiger partial charge in [0.25, 0.3) is 0 Å². The van der Waals surface area contributed by atoms with Gasteiger partial charge in [0, 0.05) is 47.4 Å². The number of nitrogens with one attached hydrogen (secondary N) is 2. The Morgan fingerprint density at radius 3 is 2.83 bits per heavy atom. The smallest absolute Gasteiger partial charge is 0.209 e. The van der Waals surface area contributed by atoms with E-state index in [2.05, 4.69) is 19.5 Å². The molecule has 3 heterocycles. The second-order valence-corrected chi connectivity index (χ2v) is 8.53. The molecule has 0 amide bonds. The van der Waals surface area contributed by atoms with Gasteiger partial charge in [-0.15, -0.1) is 0 Å². The molecule has 0 saturated carbocycles. The number of halogens is 2. The van der Waals surface area contributed by atoms with Crippen LogP contribution in [0.4, 0.5) is 0 Å². The molecule has 3 aromatic rings. The lowest BCUT2D eigenvalue weighted by molar-refractivity contribution is 0.546. The molecule has 1 aliphatic heterocycles. The minimum atomic E-state index is -3.28. The third-order valence-electron chi connectivity index (χ3n) is 4.23. The zero-order chi connectivity index (χ0) is 17.1. The Hall–Kier alpha value is -1.54.